The van der Waals surface area contributed by atoms with E-state index in [2.05, 4.69) is 4.99 Å². The van der Waals surface area contributed by atoms with E-state index in [1.807, 2.05) is 34.6 Å². The molecular formula is C17H27FN2OS. The van der Waals surface area contributed by atoms with E-state index in [1.54, 1.807) is 6.92 Å². The summed E-state index contributed by atoms with van der Waals surface area (Å²) in [6.45, 7) is 6.64. The molecule has 1 aromatic rings. The van der Waals surface area contributed by atoms with Crippen molar-refractivity contribution in [2.75, 3.05) is 6.63 Å². The van der Waals surface area contributed by atoms with E-state index in [1.165, 1.54) is 15.9 Å². The molecule has 1 saturated carbocycles. The number of aryl methyl sites for hydroxylation is 1. The quantitative estimate of drug-likeness (QED) is 0.803. The number of hydrogen-bond donors (Lipinski definition) is 0. The average molecular weight is 331 g/mol. The summed E-state index contributed by atoms with van der Waals surface area (Å²) in [5.74, 6) is -0.497. The summed E-state index contributed by atoms with van der Waals surface area (Å²) in [4.78, 5) is 18.0. The van der Waals surface area contributed by atoms with E-state index in [-0.39, 0.29) is 33.9 Å². The van der Waals surface area contributed by atoms with Gasteiger partial charge in [-0.05, 0) is 37.5 Å². The van der Waals surface area contributed by atoms with Gasteiger partial charge in [0.1, 0.15) is 0 Å². The Morgan fingerprint density at radius 2 is 1.91 bits per heavy atom. The van der Waals surface area contributed by atoms with Gasteiger partial charge >= 0.3 is 0 Å². The standard InChI is InChI=1S/C17H27FN2OS/c1-11-12(2)22-15(20(11)10-8-7-9-18)19-14(21)13-16(3,4)17(13,5)6/h13H,7-10H2,1-6H3/i9D2,10D2. The first kappa shape index (κ1) is 12.5. The van der Waals surface area contributed by atoms with Gasteiger partial charge in [-0.3, -0.25) is 9.18 Å². The summed E-state index contributed by atoms with van der Waals surface area (Å²) in [7, 11) is 0. The third kappa shape index (κ3) is 2.80. The van der Waals surface area contributed by atoms with E-state index < -0.39 is 19.5 Å². The molecular weight excluding hydrogens is 299 g/mol. The lowest BCUT2D eigenvalue weighted by atomic mass is 10.0. The van der Waals surface area contributed by atoms with Gasteiger partial charge in [0.05, 0.1) is 15.3 Å². The highest BCUT2D eigenvalue weighted by Crippen LogP contribution is 2.68. The van der Waals surface area contributed by atoms with Gasteiger partial charge in [0.15, 0.2) is 4.80 Å². The second-order valence-electron chi connectivity index (χ2n) is 6.98. The normalized spacial score (nSPS) is 24.4. The number of nitrogens with zero attached hydrogens (tertiary/aromatic N) is 2. The van der Waals surface area contributed by atoms with Crippen LogP contribution in [0.15, 0.2) is 4.99 Å². The van der Waals surface area contributed by atoms with Crippen LogP contribution >= 0.6 is 11.3 Å². The van der Waals surface area contributed by atoms with Gasteiger partial charge < -0.3 is 4.57 Å². The Balaban J connectivity index is 2.43. The largest absolute Gasteiger partial charge is 0.321 e. The number of carbonyl (C=O) groups excluding carboxylic acids is 1. The fourth-order valence-corrected chi connectivity index (χ4v) is 3.95. The molecule has 124 valence electrons. The number of thiazole rings is 1. The summed E-state index contributed by atoms with van der Waals surface area (Å²) in [5, 5.41) is 0. The third-order valence-electron chi connectivity index (χ3n) is 5.24. The second-order valence-corrected chi connectivity index (χ2v) is 8.16. The molecule has 1 heterocycles. The van der Waals surface area contributed by atoms with Crippen molar-refractivity contribution < 1.29 is 14.7 Å². The van der Waals surface area contributed by atoms with Crippen LogP contribution in [0, 0.1) is 30.6 Å². The first-order valence-electron chi connectivity index (χ1n) is 9.49. The van der Waals surface area contributed by atoms with Gasteiger partial charge in [-0.15, -0.1) is 11.3 Å². The fourth-order valence-electron chi connectivity index (χ4n) is 3.00. The summed E-state index contributed by atoms with van der Waals surface area (Å²) in [5.41, 5.74) is 0.284. The van der Waals surface area contributed by atoms with Crippen LogP contribution in [0.1, 0.15) is 56.6 Å². The molecule has 0 bridgehead atoms. The molecule has 1 aliphatic rings. The van der Waals surface area contributed by atoms with Gasteiger partial charge in [0.25, 0.3) is 5.91 Å². The number of rotatable bonds is 5. The predicted molar refractivity (Wildman–Crippen MR) is 88.6 cm³/mol. The molecule has 1 fully saturated rings. The Morgan fingerprint density at radius 1 is 1.32 bits per heavy atom. The molecule has 22 heavy (non-hydrogen) atoms. The highest BCUT2D eigenvalue weighted by Gasteiger charge is 2.68. The summed E-state index contributed by atoms with van der Waals surface area (Å²) >= 11 is 1.22. The SMILES string of the molecule is [2H]C([2H])(F)CCC([2H])([2H])n1c(C)c(C)sc1=NC(=O)C1C(C)(C)C1(C)C. The lowest BCUT2D eigenvalue weighted by Gasteiger charge is -2.05. The molecule has 0 radical (unpaired) electrons. The minimum Gasteiger partial charge on any atom is -0.321 e. The third-order valence-corrected chi connectivity index (χ3v) is 6.30. The lowest BCUT2D eigenvalue weighted by Crippen LogP contribution is -2.20. The average Bonchev–Trinajstić information content (AvgIpc) is 2.66. The molecule has 1 amide bonds. The van der Waals surface area contributed by atoms with E-state index in [0.717, 1.165) is 4.88 Å². The molecule has 3 nitrogen and oxygen atoms in total. The first-order valence-corrected chi connectivity index (χ1v) is 8.31. The molecule has 1 aromatic heterocycles. The zero-order chi connectivity index (χ0) is 20.3. The molecule has 2 rings (SSSR count). The second kappa shape index (κ2) is 5.91. The van der Waals surface area contributed by atoms with Crippen molar-refractivity contribution in [3.63, 3.8) is 0 Å². The van der Waals surface area contributed by atoms with E-state index in [9.17, 15) is 9.18 Å². The van der Waals surface area contributed by atoms with Gasteiger partial charge in [0, 0.05) is 19.8 Å². The van der Waals surface area contributed by atoms with Crippen molar-refractivity contribution in [3.05, 3.63) is 15.4 Å². The minimum absolute atomic E-state index is 0.164. The topological polar surface area (TPSA) is 34.4 Å². The molecule has 0 aromatic carbocycles. The molecule has 0 saturated heterocycles. The Labute approximate surface area is 141 Å². The smallest absolute Gasteiger partial charge is 0.252 e. The Kier molecular flexibility index (Phi) is 3.35. The maximum Gasteiger partial charge on any atom is 0.252 e. The summed E-state index contributed by atoms with van der Waals surface area (Å²) < 4.78 is 45.1. The number of aromatic nitrogens is 1. The monoisotopic (exact) mass is 330 g/mol. The van der Waals surface area contributed by atoms with Crippen LogP contribution in [0.25, 0.3) is 0 Å². The molecule has 0 N–H and O–H groups in total. The summed E-state index contributed by atoms with van der Waals surface area (Å²) in [6.07, 6.45) is -0.924. The highest BCUT2D eigenvalue weighted by atomic mass is 32.1. The number of amides is 1. The molecule has 0 unspecified atom stereocenters. The van der Waals surface area contributed by atoms with Crippen molar-refractivity contribution in [1.29, 1.82) is 0 Å². The van der Waals surface area contributed by atoms with Crippen molar-refractivity contribution in [3.8, 4) is 0 Å². The number of halogens is 1. The maximum atomic E-state index is 13.2. The number of carbonyl (C=O) groups is 1. The van der Waals surface area contributed by atoms with E-state index >= 15 is 0 Å². The number of alkyl halides is 1. The van der Waals surface area contributed by atoms with Crippen LogP contribution in [0.2, 0.25) is 0 Å². The zero-order valence-electron chi connectivity index (χ0n) is 18.1. The lowest BCUT2D eigenvalue weighted by molar-refractivity contribution is -0.120. The van der Waals surface area contributed by atoms with E-state index in [4.69, 9.17) is 5.48 Å². The van der Waals surface area contributed by atoms with Gasteiger partial charge in [-0.2, -0.15) is 4.99 Å². The Hall–Kier alpha value is -0.970. The molecule has 0 spiro atoms. The predicted octanol–water partition coefficient (Wildman–Crippen LogP) is 4.03. The van der Waals surface area contributed by atoms with Crippen LogP contribution in [0.3, 0.4) is 0 Å². The van der Waals surface area contributed by atoms with Gasteiger partial charge in [-0.1, -0.05) is 27.7 Å². The van der Waals surface area contributed by atoms with Crippen LogP contribution in [-0.4, -0.2) is 17.1 Å². The van der Waals surface area contributed by atoms with Gasteiger partial charge in [0.2, 0.25) is 0 Å². The molecule has 5 heteroatoms. The van der Waals surface area contributed by atoms with Crippen LogP contribution in [0.4, 0.5) is 4.39 Å². The van der Waals surface area contributed by atoms with Crippen molar-refractivity contribution in [2.45, 2.75) is 60.9 Å². The molecule has 0 aliphatic heterocycles. The highest BCUT2D eigenvalue weighted by molar-refractivity contribution is 7.09. The maximum absolute atomic E-state index is 13.2. The Bertz CT molecular complexity index is 776. The van der Waals surface area contributed by atoms with Crippen LogP contribution < -0.4 is 4.80 Å². The van der Waals surface area contributed by atoms with Gasteiger partial charge in [-0.25, -0.2) is 0 Å². The van der Waals surface area contributed by atoms with Crippen LogP contribution in [0.5, 0.6) is 0 Å². The number of hydrogen-bond acceptors (Lipinski definition) is 2. The van der Waals surface area contributed by atoms with Crippen molar-refractivity contribution in [2.24, 2.45) is 21.7 Å². The summed E-state index contributed by atoms with van der Waals surface area (Å²) in [6, 6.07) is 0. The Morgan fingerprint density at radius 3 is 2.41 bits per heavy atom. The molecule has 0 atom stereocenters. The van der Waals surface area contributed by atoms with Crippen molar-refractivity contribution in [1.82, 2.24) is 4.57 Å². The minimum atomic E-state index is -2.94. The first-order chi connectivity index (χ1) is 11.5. The van der Waals surface area contributed by atoms with E-state index in [0.29, 0.717) is 5.69 Å². The van der Waals surface area contributed by atoms with Crippen molar-refractivity contribution >= 4 is 17.2 Å². The molecule has 1 aliphatic carbocycles. The fraction of sp³-hybridized carbons (Fsp3) is 0.765. The van der Waals surface area contributed by atoms with Crippen LogP contribution in [-0.2, 0) is 11.3 Å². The zero-order valence-corrected chi connectivity index (χ0v) is 14.9.